The molecule has 20 heavy (non-hydrogen) atoms. The maximum atomic E-state index is 12.7. The molecule has 0 fully saturated rings. The molecule has 0 saturated heterocycles. The molecule has 106 valence electrons. The second-order valence-electron chi connectivity index (χ2n) is 3.80. The maximum Gasteiger partial charge on any atom is 0.275 e. The van der Waals surface area contributed by atoms with Crippen molar-refractivity contribution >= 4 is 57.8 Å². The number of aryl methyl sites for hydroxylation is 2. The molecule has 0 unspecified atom stereocenters. The molecule has 0 radical (unpaired) electrons. The van der Waals surface area contributed by atoms with Gasteiger partial charge in [-0.05, 0) is 61.6 Å². The van der Waals surface area contributed by atoms with Crippen LogP contribution in [0.5, 0.6) is 0 Å². The minimum atomic E-state index is -4.00. The quantitative estimate of drug-likeness (QED) is 0.647. The largest absolute Gasteiger partial charge is 0.360 e. The molecule has 0 amide bonds. The molecule has 2 aromatic heterocycles. The molecule has 2 aromatic rings. The summed E-state index contributed by atoms with van der Waals surface area (Å²) in [5.74, 6) is 0.166. The highest BCUT2D eigenvalue weighted by Crippen LogP contribution is 2.39. The number of aromatic nitrogens is 2. The topological polar surface area (TPSA) is 88.9 Å². The summed E-state index contributed by atoms with van der Waals surface area (Å²) in [5.41, 5.74) is 0.183. The van der Waals surface area contributed by atoms with Crippen LogP contribution in [0.2, 0.25) is 0 Å². The van der Waals surface area contributed by atoms with Crippen molar-refractivity contribution < 1.29 is 12.9 Å². The Morgan fingerprint density at radius 3 is 2.30 bits per heavy atom. The van der Waals surface area contributed by atoms with E-state index < -0.39 is 10.0 Å². The van der Waals surface area contributed by atoms with Crippen molar-refractivity contribution in [3.63, 3.8) is 0 Å². The Morgan fingerprint density at radius 2 is 1.85 bits per heavy atom. The molecular formula is C10H6Br3N3O3S. The molecule has 0 bridgehead atoms. The summed E-state index contributed by atoms with van der Waals surface area (Å²) in [6, 6.07) is 1.86. The van der Waals surface area contributed by atoms with Gasteiger partial charge in [0.25, 0.3) is 10.0 Å². The van der Waals surface area contributed by atoms with Gasteiger partial charge in [-0.3, -0.25) is 0 Å². The Balaban J connectivity index is 2.89. The zero-order chi connectivity index (χ0) is 15.2. The van der Waals surface area contributed by atoms with Crippen molar-refractivity contribution in [2.75, 3.05) is 0 Å². The first-order valence-corrected chi connectivity index (χ1v) is 8.89. The van der Waals surface area contributed by atoms with E-state index in [1.807, 2.05) is 6.07 Å². The van der Waals surface area contributed by atoms with Gasteiger partial charge in [-0.2, -0.15) is 5.26 Å². The van der Waals surface area contributed by atoms with E-state index in [1.54, 1.807) is 0 Å². The van der Waals surface area contributed by atoms with Gasteiger partial charge < -0.3 is 4.52 Å². The standard InChI is InChI=1S/C10H6Br3N3O3S/c1-4-9(5(2)19-15-4)20(17,18)16-6(3-14)7(11)8(12)10(16)13/h1-2H3. The number of hydrogen-bond acceptors (Lipinski definition) is 5. The van der Waals surface area contributed by atoms with Crippen LogP contribution in [-0.2, 0) is 10.0 Å². The summed E-state index contributed by atoms with van der Waals surface area (Å²) in [6.07, 6.45) is 0. The van der Waals surface area contributed by atoms with Crippen molar-refractivity contribution in [1.82, 2.24) is 9.13 Å². The van der Waals surface area contributed by atoms with Gasteiger partial charge >= 0.3 is 0 Å². The van der Waals surface area contributed by atoms with Crippen molar-refractivity contribution in [3.8, 4) is 6.07 Å². The van der Waals surface area contributed by atoms with Gasteiger partial charge in [0, 0.05) is 0 Å². The summed E-state index contributed by atoms with van der Waals surface area (Å²) < 4.78 is 32.3. The molecule has 0 atom stereocenters. The molecule has 0 spiro atoms. The lowest BCUT2D eigenvalue weighted by atomic mass is 10.4. The first-order chi connectivity index (χ1) is 9.23. The van der Waals surface area contributed by atoms with E-state index >= 15 is 0 Å². The number of nitrogens with zero attached hydrogens (tertiary/aromatic N) is 3. The van der Waals surface area contributed by atoms with Crippen LogP contribution in [0, 0.1) is 25.2 Å². The number of rotatable bonds is 2. The highest BCUT2D eigenvalue weighted by molar-refractivity contribution is 9.14. The van der Waals surface area contributed by atoms with Gasteiger partial charge in [0.05, 0.1) is 8.95 Å². The second kappa shape index (κ2) is 5.29. The molecule has 2 heterocycles. The van der Waals surface area contributed by atoms with Gasteiger partial charge in [-0.1, -0.05) is 5.16 Å². The molecule has 0 aliphatic rings. The van der Waals surface area contributed by atoms with E-state index in [0.29, 0.717) is 8.95 Å². The maximum absolute atomic E-state index is 12.7. The van der Waals surface area contributed by atoms with Crippen LogP contribution < -0.4 is 0 Å². The summed E-state index contributed by atoms with van der Waals surface area (Å²) in [5, 5.41) is 12.8. The van der Waals surface area contributed by atoms with E-state index in [-0.39, 0.29) is 26.6 Å². The van der Waals surface area contributed by atoms with Gasteiger partial charge in [0.15, 0.2) is 16.3 Å². The first-order valence-electron chi connectivity index (χ1n) is 5.07. The third kappa shape index (κ3) is 2.16. The first kappa shape index (κ1) is 15.8. The highest BCUT2D eigenvalue weighted by atomic mass is 79.9. The van der Waals surface area contributed by atoms with Gasteiger partial charge in [-0.25, -0.2) is 12.4 Å². The third-order valence-electron chi connectivity index (χ3n) is 2.54. The van der Waals surface area contributed by atoms with Crippen LogP contribution in [-0.4, -0.2) is 17.5 Å². The summed E-state index contributed by atoms with van der Waals surface area (Å²) in [7, 11) is -4.00. The second-order valence-corrected chi connectivity index (χ2v) is 7.86. The fourth-order valence-electron chi connectivity index (χ4n) is 1.73. The normalized spacial score (nSPS) is 11.6. The Hall–Kier alpha value is -0.630. The van der Waals surface area contributed by atoms with E-state index in [9.17, 15) is 13.7 Å². The fourth-order valence-corrected chi connectivity index (χ4v) is 5.66. The Morgan fingerprint density at radius 1 is 1.25 bits per heavy atom. The van der Waals surface area contributed by atoms with Gasteiger partial charge in [0.2, 0.25) is 0 Å². The average Bonchev–Trinajstić information content (AvgIpc) is 2.82. The summed E-state index contributed by atoms with van der Waals surface area (Å²) in [4.78, 5) is -0.0512. The minimum absolute atomic E-state index is 0.0512. The molecule has 0 aliphatic carbocycles. The SMILES string of the molecule is Cc1noc(C)c1S(=O)(=O)n1c(Br)c(Br)c(Br)c1C#N. The zero-order valence-corrected chi connectivity index (χ0v) is 15.7. The smallest absolute Gasteiger partial charge is 0.275 e. The zero-order valence-electron chi connectivity index (χ0n) is 10.1. The lowest BCUT2D eigenvalue weighted by Crippen LogP contribution is -2.16. The van der Waals surface area contributed by atoms with Crippen LogP contribution in [0.15, 0.2) is 23.0 Å². The van der Waals surface area contributed by atoms with Crippen molar-refractivity contribution in [1.29, 1.82) is 5.26 Å². The van der Waals surface area contributed by atoms with Crippen LogP contribution in [0.25, 0.3) is 0 Å². The van der Waals surface area contributed by atoms with Crippen molar-refractivity contribution in [2.24, 2.45) is 0 Å². The molecule has 0 saturated carbocycles. The Labute approximate surface area is 140 Å². The van der Waals surface area contributed by atoms with Crippen molar-refractivity contribution in [2.45, 2.75) is 18.7 Å². The monoisotopic (exact) mass is 485 g/mol. The summed E-state index contributed by atoms with van der Waals surface area (Å²) in [6.45, 7) is 3.03. The Bertz CT molecular complexity index is 826. The average molecular weight is 488 g/mol. The molecule has 0 N–H and O–H groups in total. The molecule has 2 rings (SSSR count). The predicted molar refractivity (Wildman–Crippen MR) is 80.8 cm³/mol. The van der Waals surface area contributed by atoms with Crippen LogP contribution in [0.3, 0.4) is 0 Å². The molecule has 0 aliphatic heterocycles. The van der Waals surface area contributed by atoms with Crippen LogP contribution >= 0.6 is 47.8 Å². The number of nitriles is 1. The van der Waals surface area contributed by atoms with E-state index in [2.05, 4.69) is 52.9 Å². The molecule has 0 aromatic carbocycles. The Kier molecular flexibility index (Phi) is 4.17. The van der Waals surface area contributed by atoms with Crippen LogP contribution in [0.1, 0.15) is 17.1 Å². The molecule has 10 heteroatoms. The third-order valence-corrected chi connectivity index (χ3v) is 8.07. The van der Waals surface area contributed by atoms with E-state index in [1.165, 1.54) is 13.8 Å². The minimum Gasteiger partial charge on any atom is -0.360 e. The number of hydrogen-bond donors (Lipinski definition) is 0. The van der Waals surface area contributed by atoms with E-state index in [0.717, 1.165) is 3.97 Å². The van der Waals surface area contributed by atoms with E-state index in [4.69, 9.17) is 4.52 Å². The van der Waals surface area contributed by atoms with Crippen molar-refractivity contribution in [3.05, 3.63) is 30.7 Å². The fraction of sp³-hybridized carbons (Fsp3) is 0.200. The van der Waals surface area contributed by atoms with Crippen LogP contribution in [0.4, 0.5) is 0 Å². The molecule has 6 nitrogen and oxygen atoms in total. The van der Waals surface area contributed by atoms with Gasteiger partial charge in [0.1, 0.15) is 16.4 Å². The summed E-state index contributed by atoms with van der Waals surface area (Å²) >= 11 is 9.56. The molecular weight excluding hydrogens is 482 g/mol. The van der Waals surface area contributed by atoms with Gasteiger partial charge in [-0.15, -0.1) is 0 Å². The lowest BCUT2D eigenvalue weighted by molar-refractivity contribution is 0.390. The highest BCUT2D eigenvalue weighted by Gasteiger charge is 2.32. The predicted octanol–water partition coefficient (Wildman–Crippen LogP) is 3.49. The lowest BCUT2D eigenvalue weighted by Gasteiger charge is -2.08. The number of halogens is 3.